The molecule has 1 aliphatic heterocycles. The standard InChI is InChI=1S/C22H24F3N5O5S/c1-12-8-14-17(28-20(12)35-21-15(34-11-16(24)25)9-13(23)10-26-21)30(3)18(27-14)19(31)29-22(2)4-6-36(32,33)7-5-22/h8-10,16H,4-7,11H2,1-3H3,(H,29,31). The van der Waals surface area contributed by atoms with Crippen LogP contribution < -0.4 is 14.8 Å². The highest BCUT2D eigenvalue weighted by atomic mass is 32.2. The Bertz CT molecular complexity index is 1410. The summed E-state index contributed by atoms with van der Waals surface area (Å²) in [6.45, 7) is 2.47. The predicted octanol–water partition coefficient (Wildman–Crippen LogP) is 2.94. The quantitative estimate of drug-likeness (QED) is 0.497. The van der Waals surface area contributed by atoms with Crippen LogP contribution >= 0.6 is 0 Å². The Labute approximate surface area is 204 Å². The Morgan fingerprint density at radius 1 is 1.22 bits per heavy atom. The number of carbonyl (C=O) groups is 1. The molecule has 0 radical (unpaired) electrons. The first kappa shape index (κ1) is 25.7. The lowest BCUT2D eigenvalue weighted by Gasteiger charge is -2.34. The fourth-order valence-corrected chi connectivity index (χ4v) is 5.50. The van der Waals surface area contributed by atoms with Gasteiger partial charge < -0.3 is 19.4 Å². The first-order valence-electron chi connectivity index (χ1n) is 11.0. The third-order valence-electron chi connectivity index (χ3n) is 5.88. The van der Waals surface area contributed by atoms with Gasteiger partial charge in [0, 0.05) is 24.2 Å². The van der Waals surface area contributed by atoms with E-state index >= 15 is 0 Å². The van der Waals surface area contributed by atoms with Crippen LogP contribution in [0.1, 0.15) is 35.9 Å². The van der Waals surface area contributed by atoms with Crippen LogP contribution in [-0.4, -0.2) is 63.9 Å². The second-order valence-electron chi connectivity index (χ2n) is 8.88. The summed E-state index contributed by atoms with van der Waals surface area (Å²) in [5.74, 6) is -1.77. The number of aromatic nitrogens is 4. The van der Waals surface area contributed by atoms with E-state index in [9.17, 15) is 26.4 Å². The van der Waals surface area contributed by atoms with Crippen molar-refractivity contribution in [1.29, 1.82) is 0 Å². The number of imidazole rings is 1. The molecule has 1 fully saturated rings. The number of hydrogen-bond donors (Lipinski definition) is 1. The van der Waals surface area contributed by atoms with E-state index in [1.165, 1.54) is 4.57 Å². The number of nitrogens with one attached hydrogen (secondary N) is 1. The van der Waals surface area contributed by atoms with Crippen molar-refractivity contribution in [2.45, 2.75) is 38.7 Å². The second-order valence-corrected chi connectivity index (χ2v) is 11.2. The monoisotopic (exact) mass is 527 g/mol. The van der Waals surface area contributed by atoms with E-state index in [4.69, 9.17) is 9.47 Å². The molecule has 4 rings (SSSR count). The van der Waals surface area contributed by atoms with E-state index in [0.717, 1.165) is 12.3 Å². The number of halogens is 3. The predicted molar refractivity (Wildman–Crippen MR) is 123 cm³/mol. The van der Waals surface area contributed by atoms with E-state index in [1.54, 1.807) is 27.0 Å². The highest BCUT2D eigenvalue weighted by Gasteiger charge is 2.35. The lowest BCUT2D eigenvalue weighted by Crippen LogP contribution is -2.51. The number of alkyl halides is 2. The van der Waals surface area contributed by atoms with Gasteiger partial charge in [-0.1, -0.05) is 0 Å². The molecule has 0 spiro atoms. The van der Waals surface area contributed by atoms with E-state index in [2.05, 4.69) is 20.3 Å². The van der Waals surface area contributed by atoms with Crippen molar-refractivity contribution in [3.05, 3.63) is 35.5 Å². The van der Waals surface area contributed by atoms with Gasteiger partial charge in [-0.05, 0) is 32.8 Å². The van der Waals surface area contributed by atoms with Crippen LogP contribution in [-0.2, 0) is 16.9 Å². The Morgan fingerprint density at radius 3 is 2.58 bits per heavy atom. The molecule has 0 unspecified atom stereocenters. The van der Waals surface area contributed by atoms with E-state index in [-0.39, 0.29) is 40.5 Å². The number of sulfone groups is 1. The number of fused-ring (bicyclic) bond motifs is 1. The summed E-state index contributed by atoms with van der Waals surface area (Å²) >= 11 is 0. The van der Waals surface area contributed by atoms with Crippen LogP contribution in [0.2, 0.25) is 0 Å². The number of carbonyl (C=O) groups excluding carboxylic acids is 1. The molecule has 10 nitrogen and oxygen atoms in total. The van der Waals surface area contributed by atoms with Gasteiger partial charge in [-0.2, -0.15) is 4.98 Å². The van der Waals surface area contributed by atoms with Crippen molar-refractivity contribution in [3.63, 3.8) is 0 Å². The van der Waals surface area contributed by atoms with Gasteiger partial charge in [-0.3, -0.25) is 4.79 Å². The van der Waals surface area contributed by atoms with Crippen molar-refractivity contribution >= 4 is 26.9 Å². The van der Waals surface area contributed by atoms with Gasteiger partial charge in [-0.15, -0.1) is 0 Å². The Morgan fingerprint density at radius 2 is 1.92 bits per heavy atom. The third kappa shape index (κ3) is 5.53. The molecule has 14 heteroatoms. The molecule has 4 heterocycles. The maximum absolute atomic E-state index is 13.6. The number of nitrogens with zero attached hydrogens (tertiary/aromatic N) is 4. The average Bonchev–Trinajstić information content (AvgIpc) is 3.12. The van der Waals surface area contributed by atoms with Gasteiger partial charge in [0.1, 0.15) is 27.8 Å². The molecule has 0 atom stereocenters. The largest absolute Gasteiger partial charge is 0.482 e. The third-order valence-corrected chi connectivity index (χ3v) is 7.53. The maximum Gasteiger partial charge on any atom is 0.287 e. The molecular weight excluding hydrogens is 503 g/mol. The molecule has 1 saturated heterocycles. The zero-order chi connectivity index (χ0) is 26.3. The van der Waals surface area contributed by atoms with Crippen LogP contribution in [0.3, 0.4) is 0 Å². The van der Waals surface area contributed by atoms with Crippen molar-refractivity contribution in [3.8, 4) is 17.5 Å². The number of ether oxygens (including phenoxy) is 2. The summed E-state index contributed by atoms with van der Waals surface area (Å²) in [4.78, 5) is 25.5. The topological polar surface area (TPSA) is 125 Å². The number of hydrogen-bond acceptors (Lipinski definition) is 8. The molecule has 36 heavy (non-hydrogen) atoms. The number of aryl methyl sites for hydroxylation is 2. The summed E-state index contributed by atoms with van der Waals surface area (Å²) in [5, 5.41) is 2.89. The molecule has 3 aromatic heterocycles. The molecular formula is C22H24F3N5O5S. The normalized spacial score (nSPS) is 16.8. The average molecular weight is 528 g/mol. The van der Waals surface area contributed by atoms with Crippen molar-refractivity contribution < 1.29 is 35.9 Å². The summed E-state index contributed by atoms with van der Waals surface area (Å²) < 4.78 is 74.3. The minimum Gasteiger partial charge on any atom is -0.482 e. The first-order chi connectivity index (χ1) is 16.9. The molecule has 0 saturated carbocycles. The molecule has 0 bridgehead atoms. The molecule has 1 amide bonds. The lowest BCUT2D eigenvalue weighted by molar-refractivity contribution is 0.0801. The van der Waals surface area contributed by atoms with Crippen LogP contribution in [0.4, 0.5) is 13.2 Å². The van der Waals surface area contributed by atoms with E-state index in [0.29, 0.717) is 23.9 Å². The zero-order valence-electron chi connectivity index (χ0n) is 19.7. The molecule has 1 N–H and O–H groups in total. The summed E-state index contributed by atoms with van der Waals surface area (Å²) in [6.07, 6.45) is -1.35. The second kappa shape index (κ2) is 9.56. The van der Waals surface area contributed by atoms with Crippen LogP contribution in [0.25, 0.3) is 11.2 Å². The number of rotatable bonds is 7. The van der Waals surface area contributed by atoms with Gasteiger partial charge in [0.15, 0.2) is 11.4 Å². The zero-order valence-corrected chi connectivity index (χ0v) is 20.5. The summed E-state index contributed by atoms with van der Waals surface area (Å²) in [5.41, 5.74) is 0.475. The summed E-state index contributed by atoms with van der Waals surface area (Å²) in [6, 6.07) is 2.49. The van der Waals surface area contributed by atoms with Crippen molar-refractivity contribution in [2.24, 2.45) is 7.05 Å². The van der Waals surface area contributed by atoms with Gasteiger partial charge in [0.05, 0.1) is 17.7 Å². The summed E-state index contributed by atoms with van der Waals surface area (Å²) in [7, 11) is -1.52. The maximum atomic E-state index is 13.6. The smallest absolute Gasteiger partial charge is 0.287 e. The molecule has 194 valence electrons. The van der Waals surface area contributed by atoms with Crippen molar-refractivity contribution in [2.75, 3.05) is 18.1 Å². The van der Waals surface area contributed by atoms with Gasteiger partial charge >= 0.3 is 0 Å². The van der Waals surface area contributed by atoms with E-state index in [1.807, 2.05) is 0 Å². The van der Waals surface area contributed by atoms with Crippen LogP contribution in [0.15, 0.2) is 18.3 Å². The molecule has 0 aliphatic carbocycles. The first-order valence-corrected chi connectivity index (χ1v) is 12.8. The fourth-order valence-electron chi connectivity index (χ4n) is 3.77. The molecule has 1 aliphatic rings. The number of amides is 1. The minimum absolute atomic E-state index is 0.00575. The Hall–Kier alpha value is -3.42. The highest BCUT2D eigenvalue weighted by molar-refractivity contribution is 7.91. The fraction of sp³-hybridized carbons (Fsp3) is 0.455. The molecule has 0 aromatic carbocycles. The minimum atomic E-state index is -3.10. The van der Waals surface area contributed by atoms with E-state index < -0.39 is 40.1 Å². The highest BCUT2D eigenvalue weighted by Crippen LogP contribution is 2.32. The number of pyridine rings is 2. The lowest BCUT2D eigenvalue weighted by atomic mass is 9.95. The Kier molecular flexibility index (Phi) is 6.82. The van der Waals surface area contributed by atoms with Gasteiger partial charge in [-0.25, -0.2) is 31.6 Å². The van der Waals surface area contributed by atoms with Gasteiger partial charge in [0.25, 0.3) is 18.2 Å². The Balaban J connectivity index is 1.60. The molecule has 3 aromatic rings. The SMILES string of the molecule is Cc1cc2nc(C(=O)NC3(C)CCS(=O)(=O)CC3)n(C)c2nc1Oc1ncc(F)cc1OCC(F)F. The van der Waals surface area contributed by atoms with Gasteiger partial charge in [0.2, 0.25) is 11.7 Å². The van der Waals surface area contributed by atoms with Crippen LogP contribution in [0.5, 0.6) is 17.5 Å². The van der Waals surface area contributed by atoms with Crippen LogP contribution in [0, 0.1) is 12.7 Å². The van der Waals surface area contributed by atoms with Crippen molar-refractivity contribution in [1.82, 2.24) is 24.8 Å².